The van der Waals surface area contributed by atoms with Crippen molar-refractivity contribution >= 4 is 45.1 Å². The fourth-order valence-corrected chi connectivity index (χ4v) is 0.603. The Kier molecular flexibility index (Phi) is 9.19. The first-order valence-electron chi connectivity index (χ1n) is 2.22. The fraction of sp³-hybridized carbons (Fsp3) is 0.667. The predicted octanol–water partition coefficient (Wildman–Crippen LogP) is -2.01. The molecule has 0 saturated carbocycles. The number of hydrogen-bond donors (Lipinski definition) is 2. The van der Waals surface area contributed by atoms with Crippen LogP contribution in [0.3, 0.4) is 0 Å². The molecule has 0 aliphatic heterocycles. The standard InChI is InChI=1S/C3H8O4Si.Na.H/c1-2-3(4)7-8(5)6;;/h5-6,8H,2H2,1H3;;. The second-order valence-electron chi connectivity index (χ2n) is 1.17. The molecule has 6 heteroatoms. The van der Waals surface area contributed by atoms with Crippen LogP contribution in [-0.2, 0) is 9.22 Å². The van der Waals surface area contributed by atoms with Gasteiger partial charge in [0.2, 0.25) is 0 Å². The van der Waals surface area contributed by atoms with Crippen LogP contribution in [-0.4, -0.2) is 54.6 Å². The van der Waals surface area contributed by atoms with Crippen molar-refractivity contribution in [3.05, 3.63) is 0 Å². The molecule has 0 fully saturated rings. The summed E-state index contributed by atoms with van der Waals surface area (Å²) in [5.41, 5.74) is 0. The van der Waals surface area contributed by atoms with Gasteiger partial charge in [-0.3, -0.25) is 4.79 Å². The van der Waals surface area contributed by atoms with E-state index in [1.54, 1.807) is 6.92 Å². The maximum absolute atomic E-state index is 10.1. The molecule has 0 spiro atoms. The summed E-state index contributed by atoms with van der Waals surface area (Å²) in [6, 6.07) is 0. The molecule has 0 heterocycles. The summed E-state index contributed by atoms with van der Waals surface area (Å²) in [5, 5.41) is 0. The van der Waals surface area contributed by atoms with E-state index in [9.17, 15) is 4.79 Å². The van der Waals surface area contributed by atoms with E-state index in [1.165, 1.54) is 0 Å². The van der Waals surface area contributed by atoms with Crippen LogP contribution in [0, 0.1) is 0 Å². The van der Waals surface area contributed by atoms with Gasteiger partial charge in [-0.2, -0.15) is 0 Å². The van der Waals surface area contributed by atoms with Gasteiger partial charge in [0.15, 0.2) is 0 Å². The van der Waals surface area contributed by atoms with E-state index < -0.39 is 15.5 Å². The molecule has 0 aromatic carbocycles. The summed E-state index contributed by atoms with van der Waals surface area (Å²) in [5.74, 6) is -0.563. The van der Waals surface area contributed by atoms with E-state index in [0.717, 1.165) is 0 Å². The van der Waals surface area contributed by atoms with Gasteiger partial charge in [-0.15, -0.1) is 0 Å². The van der Waals surface area contributed by atoms with Gasteiger partial charge in [0, 0.05) is 6.42 Å². The van der Waals surface area contributed by atoms with Crippen LogP contribution in [0.5, 0.6) is 0 Å². The predicted molar refractivity (Wildman–Crippen MR) is 35.1 cm³/mol. The molecule has 0 radical (unpaired) electrons. The second-order valence-corrected chi connectivity index (χ2v) is 2.06. The number of rotatable bonds is 2. The van der Waals surface area contributed by atoms with Crippen molar-refractivity contribution in [2.75, 3.05) is 0 Å². The number of carbonyl (C=O) groups is 1. The molecule has 9 heavy (non-hydrogen) atoms. The monoisotopic (exact) mass is 160 g/mol. The van der Waals surface area contributed by atoms with Crippen LogP contribution in [0.25, 0.3) is 0 Å². The first-order chi connectivity index (χ1) is 3.66. The minimum atomic E-state index is -3.10. The Morgan fingerprint density at radius 1 is 1.67 bits per heavy atom. The first-order valence-corrected chi connectivity index (χ1v) is 3.73. The molecule has 0 aliphatic carbocycles. The van der Waals surface area contributed by atoms with Gasteiger partial charge < -0.3 is 14.0 Å². The van der Waals surface area contributed by atoms with E-state index in [0.29, 0.717) is 0 Å². The first kappa shape index (κ1) is 12.3. The van der Waals surface area contributed by atoms with Crippen LogP contribution < -0.4 is 0 Å². The van der Waals surface area contributed by atoms with E-state index >= 15 is 0 Å². The molecule has 0 saturated heterocycles. The molecule has 0 atom stereocenters. The summed E-state index contributed by atoms with van der Waals surface area (Å²) in [7, 11) is -3.10. The van der Waals surface area contributed by atoms with Crippen LogP contribution in [0.15, 0.2) is 0 Å². The van der Waals surface area contributed by atoms with Crippen molar-refractivity contribution < 1.29 is 18.8 Å². The van der Waals surface area contributed by atoms with E-state index in [2.05, 4.69) is 4.43 Å². The molecule has 0 bridgehead atoms. The zero-order valence-electron chi connectivity index (χ0n) is 4.50. The van der Waals surface area contributed by atoms with E-state index in [-0.39, 0.29) is 36.0 Å². The molecule has 0 aromatic heterocycles. The normalized spacial score (nSPS) is 8.44. The molecular formula is C3H9NaO4Si. The summed E-state index contributed by atoms with van der Waals surface area (Å²) < 4.78 is 4.01. The average Bonchev–Trinajstić information content (AvgIpc) is 1.65. The maximum atomic E-state index is 10.1. The van der Waals surface area contributed by atoms with Crippen LogP contribution in [0.1, 0.15) is 13.3 Å². The Hall–Kier alpha value is 0.607. The molecule has 50 valence electrons. The zero-order valence-corrected chi connectivity index (χ0v) is 5.65. The van der Waals surface area contributed by atoms with Gasteiger partial charge in [0.05, 0.1) is 0 Å². The van der Waals surface area contributed by atoms with E-state index in [1.807, 2.05) is 0 Å². The van der Waals surface area contributed by atoms with Gasteiger partial charge >= 0.3 is 39.1 Å². The summed E-state index contributed by atoms with van der Waals surface area (Å²) in [6.07, 6.45) is 0.185. The van der Waals surface area contributed by atoms with Crippen molar-refractivity contribution in [3.63, 3.8) is 0 Å². The molecule has 2 N–H and O–H groups in total. The third-order valence-corrected chi connectivity index (χ3v) is 0.999. The molecule has 0 aliphatic rings. The van der Waals surface area contributed by atoms with Gasteiger partial charge in [0.1, 0.15) is 0 Å². The van der Waals surface area contributed by atoms with Crippen LogP contribution in [0.2, 0.25) is 0 Å². The quantitative estimate of drug-likeness (QED) is 0.458. The molecular weight excluding hydrogens is 151 g/mol. The van der Waals surface area contributed by atoms with E-state index in [4.69, 9.17) is 9.59 Å². The van der Waals surface area contributed by atoms with Crippen molar-refractivity contribution in [3.8, 4) is 0 Å². The Morgan fingerprint density at radius 3 is 2.22 bits per heavy atom. The summed E-state index contributed by atoms with van der Waals surface area (Å²) >= 11 is 0. The SMILES string of the molecule is CCC(=O)O[SiH](O)O.[NaH]. The van der Waals surface area contributed by atoms with Crippen molar-refractivity contribution in [2.24, 2.45) is 0 Å². The Morgan fingerprint density at radius 2 is 2.11 bits per heavy atom. The molecule has 0 rings (SSSR count). The van der Waals surface area contributed by atoms with Crippen LogP contribution in [0.4, 0.5) is 0 Å². The topological polar surface area (TPSA) is 66.8 Å². The Labute approximate surface area is 77.1 Å². The molecule has 0 aromatic rings. The third kappa shape index (κ3) is 8.61. The van der Waals surface area contributed by atoms with Gasteiger partial charge in [-0.1, -0.05) is 6.92 Å². The zero-order chi connectivity index (χ0) is 6.57. The fourth-order valence-electron chi connectivity index (χ4n) is 0.201. The Bertz CT molecular complexity index is 85.9. The Balaban J connectivity index is 0. The number of hydrogen-bond acceptors (Lipinski definition) is 4. The van der Waals surface area contributed by atoms with Crippen molar-refractivity contribution in [2.45, 2.75) is 13.3 Å². The third-order valence-electron chi connectivity index (χ3n) is 0.526. The van der Waals surface area contributed by atoms with Crippen molar-refractivity contribution in [1.82, 2.24) is 0 Å². The van der Waals surface area contributed by atoms with Crippen molar-refractivity contribution in [1.29, 1.82) is 0 Å². The minimum absolute atomic E-state index is 0. The average molecular weight is 160 g/mol. The number of carbonyl (C=O) groups excluding carboxylic acids is 1. The second kappa shape index (κ2) is 6.72. The van der Waals surface area contributed by atoms with Gasteiger partial charge in [-0.25, -0.2) is 0 Å². The summed E-state index contributed by atoms with van der Waals surface area (Å²) in [4.78, 5) is 26.3. The van der Waals surface area contributed by atoms with Gasteiger partial charge in [0.25, 0.3) is 5.97 Å². The molecule has 0 amide bonds. The summed E-state index contributed by atoms with van der Waals surface area (Å²) in [6.45, 7) is 1.58. The molecule has 0 unspecified atom stereocenters. The van der Waals surface area contributed by atoms with Gasteiger partial charge in [-0.05, 0) is 0 Å². The van der Waals surface area contributed by atoms with Crippen LogP contribution >= 0.6 is 0 Å². The molecule has 4 nitrogen and oxygen atoms in total.